The van der Waals surface area contributed by atoms with Crippen LogP contribution in [0.15, 0.2) is 36.4 Å². The van der Waals surface area contributed by atoms with E-state index in [2.05, 4.69) is 5.32 Å². The number of amides is 1. The molecule has 1 heterocycles. The number of carbonyl (C=O) groups excluding carboxylic acids is 1. The van der Waals surface area contributed by atoms with E-state index in [1.165, 1.54) is 0 Å². The predicted octanol–water partition coefficient (Wildman–Crippen LogP) is 5.78. The van der Waals surface area contributed by atoms with Crippen molar-refractivity contribution >= 4 is 58.0 Å². The maximum atomic E-state index is 12.0. The fourth-order valence-electron chi connectivity index (χ4n) is 2.14. The molecule has 1 amide bonds. The van der Waals surface area contributed by atoms with Gasteiger partial charge in [0.25, 0.3) is 5.91 Å². The van der Waals surface area contributed by atoms with E-state index in [1.54, 1.807) is 36.4 Å². The number of fused-ring (bicyclic) bond motifs is 1. The molecule has 2 aromatic rings. The minimum atomic E-state index is -0.168. The first-order valence-corrected chi connectivity index (χ1v) is 6.95. The van der Waals surface area contributed by atoms with Crippen LogP contribution in [-0.4, -0.2) is 5.91 Å². The molecular formula is C16H12Cl3NO. The second-order valence-corrected chi connectivity index (χ2v) is 5.71. The lowest BCUT2D eigenvalue weighted by molar-refractivity contribution is -0.110. The van der Waals surface area contributed by atoms with Crippen molar-refractivity contribution < 1.29 is 4.79 Å². The molecule has 0 aromatic heterocycles. The zero-order valence-electron chi connectivity index (χ0n) is 10.1. The summed E-state index contributed by atoms with van der Waals surface area (Å²) in [4.78, 5) is 12.0. The number of nitrogens with one attached hydrogen (secondary N) is 1. The molecule has 1 N–H and O–H groups in total. The fraction of sp³-hybridized carbons (Fsp3) is 0.0625. The van der Waals surface area contributed by atoms with Crippen molar-refractivity contribution in [1.82, 2.24) is 0 Å². The summed E-state index contributed by atoms with van der Waals surface area (Å²) in [5, 5.41) is 4.41. The van der Waals surface area contributed by atoms with Gasteiger partial charge in [-0.2, -0.15) is 0 Å². The summed E-state index contributed by atoms with van der Waals surface area (Å²) in [5.74, 6) is -0.168. The first kappa shape index (κ1) is 15.9. The monoisotopic (exact) mass is 339 g/mol. The van der Waals surface area contributed by atoms with E-state index in [-0.39, 0.29) is 13.3 Å². The first-order valence-electron chi connectivity index (χ1n) is 5.82. The van der Waals surface area contributed by atoms with E-state index >= 15 is 0 Å². The number of anilines is 1. The Hall–Kier alpha value is -1.48. The Kier molecular flexibility index (Phi) is 4.62. The van der Waals surface area contributed by atoms with Gasteiger partial charge in [-0.3, -0.25) is 4.79 Å². The number of hydrogen-bond donors (Lipinski definition) is 1. The quantitative estimate of drug-likeness (QED) is 0.655. The number of rotatable bonds is 1. The molecule has 108 valence electrons. The maximum absolute atomic E-state index is 12.0. The maximum Gasteiger partial charge on any atom is 0.256 e. The molecule has 3 rings (SSSR count). The van der Waals surface area contributed by atoms with Gasteiger partial charge >= 0.3 is 0 Å². The highest BCUT2D eigenvalue weighted by Crippen LogP contribution is 2.35. The summed E-state index contributed by atoms with van der Waals surface area (Å²) >= 11 is 17.8. The molecule has 1 aliphatic rings. The average molecular weight is 341 g/mol. The van der Waals surface area contributed by atoms with Gasteiger partial charge in [0.1, 0.15) is 0 Å². The standard InChI is InChI=1S/C15H8Cl3NO.CH4/c16-9-1-2-12-13(15(20)19-14(12)7-9)5-8-3-10(17)6-11(18)4-8;/h1-7H,(H,19,20);1H4. The van der Waals surface area contributed by atoms with Crippen molar-refractivity contribution in [3.8, 4) is 0 Å². The van der Waals surface area contributed by atoms with Crippen LogP contribution in [0.1, 0.15) is 18.6 Å². The molecule has 2 nitrogen and oxygen atoms in total. The van der Waals surface area contributed by atoms with Crippen LogP contribution >= 0.6 is 34.8 Å². The van der Waals surface area contributed by atoms with Crippen molar-refractivity contribution in [1.29, 1.82) is 0 Å². The first-order chi connectivity index (χ1) is 9.52. The molecule has 21 heavy (non-hydrogen) atoms. The summed E-state index contributed by atoms with van der Waals surface area (Å²) in [5.41, 5.74) is 2.86. The molecule has 5 heteroatoms. The molecule has 0 aliphatic carbocycles. The summed E-state index contributed by atoms with van der Waals surface area (Å²) in [7, 11) is 0. The molecule has 0 bridgehead atoms. The molecule has 0 saturated carbocycles. The average Bonchev–Trinajstić information content (AvgIpc) is 2.64. The topological polar surface area (TPSA) is 29.1 Å². The number of halogens is 3. The molecule has 0 unspecified atom stereocenters. The van der Waals surface area contributed by atoms with Crippen LogP contribution in [0, 0.1) is 0 Å². The molecule has 0 spiro atoms. The molecule has 1 aliphatic heterocycles. The van der Waals surface area contributed by atoms with E-state index < -0.39 is 0 Å². The number of carbonyl (C=O) groups is 1. The molecule has 2 aromatic carbocycles. The van der Waals surface area contributed by atoms with Crippen molar-refractivity contribution in [2.75, 3.05) is 5.32 Å². The van der Waals surface area contributed by atoms with Crippen LogP contribution < -0.4 is 5.32 Å². The highest BCUT2D eigenvalue weighted by atomic mass is 35.5. The van der Waals surface area contributed by atoms with Crippen molar-refractivity contribution in [2.24, 2.45) is 0 Å². The van der Waals surface area contributed by atoms with Gasteiger partial charge < -0.3 is 5.32 Å². The molecular weight excluding hydrogens is 329 g/mol. The number of hydrogen-bond acceptors (Lipinski definition) is 1. The van der Waals surface area contributed by atoms with Crippen LogP contribution in [-0.2, 0) is 4.79 Å². The van der Waals surface area contributed by atoms with Gasteiger partial charge in [-0.25, -0.2) is 0 Å². The van der Waals surface area contributed by atoms with Gasteiger partial charge in [0.2, 0.25) is 0 Å². The van der Waals surface area contributed by atoms with Gasteiger partial charge in [0, 0.05) is 26.2 Å². The minimum absolute atomic E-state index is 0. The van der Waals surface area contributed by atoms with Crippen LogP contribution in [0.5, 0.6) is 0 Å². The summed E-state index contributed by atoms with van der Waals surface area (Å²) < 4.78 is 0. The third-order valence-corrected chi connectivity index (χ3v) is 3.63. The molecule has 0 atom stereocenters. The Morgan fingerprint density at radius 2 is 1.57 bits per heavy atom. The Balaban J connectivity index is 0.00000161. The Morgan fingerprint density at radius 1 is 0.905 bits per heavy atom. The fourth-order valence-corrected chi connectivity index (χ4v) is 2.85. The zero-order chi connectivity index (χ0) is 14.3. The predicted molar refractivity (Wildman–Crippen MR) is 91.1 cm³/mol. The Bertz CT molecular complexity index is 733. The highest BCUT2D eigenvalue weighted by molar-refractivity contribution is 6.37. The van der Waals surface area contributed by atoms with Gasteiger partial charge in [-0.05, 0) is 42.0 Å². The minimum Gasteiger partial charge on any atom is -0.321 e. The summed E-state index contributed by atoms with van der Waals surface area (Å²) in [6, 6.07) is 10.4. The second kappa shape index (κ2) is 6.10. The normalized spacial score (nSPS) is 14.6. The van der Waals surface area contributed by atoms with Crippen molar-refractivity contribution in [2.45, 2.75) is 7.43 Å². The lowest BCUT2D eigenvalue weighted by atomic mass is 10.0. The van der Waals surface area contributed by atoms with Gasteiger partial charge in [0.15, 0.2) is 0 Å². The SMILES string of the molecule is C.O=C1Nc2cc(Cl)ccc2C1=Cc1cc(Cl)cc(Cl)c1. The Labute approximate surface area is 138 Å². The smallest absolute Gasteiger partial charge is 0.256 e. The third kappa shape index (κ3) is 3.24. The molecule has 0 radical (unpaired) electrons. The van der Waals surface area contributed by atoms with E-state index in [9.17, 15) is 4.79 Å². The Morgan fingerprint density at radius 3 is 2.24 bits per heavy atom. The molecule has 0 fully saturated rings. The largest absolute Gasteiger partial charge is 0.321 e. The van der Waals surface area contributed by atoms with Gasteiger partial charge in [0.05, 0.1) is 5.69 Å². The van der Waals surface area contributed by atoms with Crippen LogP contribution in [0.2, 0.25) is 15.1 Å². The van der Waals surface area contributed by atoms with E-state index in [4.69, 9.17) is 34.8 Å². The number of benzene rings is 2. The van der Waals surface area contributed by atoms with Crippen LogP contribution in [0.3, 0.4) is 0 Å². The summed E-state index contributed by atoms with van der Waals surface area (Å²) in [6.07, 6.45) is 1.76. The van der Waals surface area contributed by atoms with Gasteiger partial charge in [-0.1, -0.05) is 48.3 Å². The van der Waals surface area contributed by atoms with Crippen LogP contribution in [0.4, 0.5) is 5.69 Å². The molecule has 0 saturated heterocycles. The van der Waals surface area contributed by atoms with E-state index in [0.717, 1.165) is 11.1 Å². The zero-order valence-corrected chi connectivity index (χ0v) is 12.4. The third-order valence-electron chi connectivity index (χ3n) is 2.96. The van der Waals surface area contributed by atoms with Crippen molar-refractivity contribution in [3.05, 3.63) is 62.6 Å². The van der Waals surface area contributed by atoms with E-state index in [1.807, 2.05) is 6.07 Å². The lowest BCUT2D eigenvalue weighted by Gasteiger charge is -2.01. The highest BCUT2D eigenvalue weighted by Gasteiger charge is 2.24. The van der Waals surface area contributed by atoms with E-state index in [0.29, 0.717) is 26.3 Å². The van der Waals surface area contributed by atoms with Gasteiger partial charge in [-0.15, -0.1) is 0 Å². The van der Waals surface area contributed by atoms with Crippen molar-refractivity contribution in [3.63, 3.8) is 0 Å². The lowest BCUT2D eigenvalue weighted by Crippen LogP contribution is -2.03. The second-order valence-electron chi connectivity index (χ2n) is 4.40. The van der Waals surface area contributed by atoms with Crippen LogP contribution in [0.25, 0.3) is 11.6 Å². The summed E-state index contributed by atoms with van der Waals surface area (Å²) in [6.45, 7) is 0.